The van der Waals surface area contributed by atoms with Crippen molar-refractivity contribution in [1.82, 2.24) is 10.6 Å². The lowest BCUT2D eigenvalue weighted by molar-refractivity contribution is -0.121. The average molecular weight is 335 g/mol. The van der Waals surface area contributed by atoms with Crippen LogP contribution in [-0.4, -0.2) is 19.0 Å². The molecule has 0 aliphatic heterocycles. The second-order valence-corrected chi connectivity index (χ2v) is 5.68. The Morgan fingerprint density at radius 2 is 1.91 bits per heavy atom. The zero-order valence-corrected chi connectivity index (χ0v) is 13.6. The van der Waals surface area contributed by atoms with Crippen molar-refractivity contribution in [3.05, 3.63) is 70.5 Å². The van der Waals surface area contributed by atoms with E-state index < -0.39 is 0 Å². The Balaban J connectivity index is 1.59. The molecule has 3 nitrogen and oxygen atoms in total. The lowest BCUT2D eigenvalue weighted by Crippen LogP contribution is -2.28. The number of amides is 1. The Kier molecular flexibility index (Phi) is 7.04. The van der Waals surface area contributed by atoms with E-state index in [1.165, 1.54) is 6.07 Å². The first-order chi connectivity index (χ1) is 11.1. The molecule has 2 aromatic carbocycles. The lowest BCUT2D eigenvalue weighted by atomic mass is 10.1. The van der Waals surface area contributed by atoms with Gasteiger partial charge in [0.25, 0.3) is 0 Å². The fourth-order valence-corrected chi connectivity index (χ4v) is 2.39. The van der Waals surface area contributed by atoms with Gasteiger partial charge in [-0.1, -0.05) is 41.9 Å². The zero-order chi connectivity index (χ0) is 16.5. The van der Waals surface area contributed by atoms with Crippen LogP contribution in [0, 0.1) is 5.82 Å². The van der Waals surface area contributed by atoms with Gasteiger partial charge in [0.1, 0.15) is 5.82 Å². The fraction of sp³-hybridized carbons (Fsp3) is 0.278. The third kappa shape index (κ3) is 6.38. The standard InChI is InChI=1S/C18H20ClFN2O/c19-16-6-3-4-14(12-16)8-10-21-11-9-18(23)22-13-15-5-1-2-7-17(15)20/h1-7,12,21H,8-11,13H2,(H,22,23). The summed E-state index contributed by atoms with van der Waals surface area (Å²) in [4.78, 5) is 11.7. The number of nitrogens with one attached hydrogen (secondary N) is 2. The van der Waals surface area contributed by atoms with E-state index in [0.717, 1.165) is 23.6 Å². The van der Waals surface area contributed by atoms with Crippen LogP contribution in [-0.2, 0) is 17.8 Å². The van der Waals surface area contributed by atoms with E-state index in [9.17, 15) is 9.18 Å². The Morgan fingerprint density at radius 1 is 1.09 bits per heavy atom. The molecule has 1 amide bonds. The van der Waals surface area contributed by atoms with Crippen LogP contribution in [0.5, 0.6) is 0 Å². The smallest absolute Gasteiger partial charge is 0.221 e. The topological polar surface area (TPSA) is 41.1 Å². The molecule has 2 rings (SSSR count). The van der Waals surface area contributed by atoms with E-state index >= 15 is 0 Å². The summed E-state index contributed by atoms with van der Waals surface area (Å²) < 4.78 is 13.4. The molecule has 0 unspecified atom stereocenters. The van der Waals surface area contributed by atoms with Crippen LogP contribution in [0.25, 0.3) is 0 Å². The first-order valence-corrected chi connectivity index (χ1v) is 7.98. The quantitative estimate of drug-likeness (QED) is 0.727. The molecule has 0 aromatic heterocycles. The molecular weight excluding hydrogens is 315 g/mol. The van der Waals surface area contributed by atoms with E-state index in [1.54, 1.807) is 18.2 Å². The van der Waals surface area contributed by atoms with Crippen LogP contribution in [0.2, 0.25) is 5.02 Å². The van der Waals surface area contributed by atoms with Crippen LogP contribution < -0.4 is 10.6 Å². The van der Waals surface area contributed by atoms with Gasteiger partial charge in [0.05, 0.1) is 0 Å². The Hall–Kier alpha value is -1.91. The molecule has 0 heterocycles. The van der Waals surface area contributed by atoms with Crippen molar-refractivity contribution in [3.63, 3.8) is 0 Å². The molecule has 122 valence electrons. The summed E-state index contributed by atoms with van der Waals surface area (Å²) in [7, 11) is 0. The molecule has 0 saturated heterocycles. The lowest BCUT2D eigenvalue weighted by Gasteiger charge is -2.07. The molecule has 0 bridgehead atoms. The number of rotatable bonds is 8. The number of carbonyl (C=O) groups excluding carboxylic acids is 1. The summed E-state index contributed by atoms with van der Waals surface area (Å²) >= 11 is 5.92. The maximum Gasteiger partial charge on any atom is 0.221 e. The van der Waals surface area contributed by atoms with Gasteiger partial charge in [0.2, 0.25) is 5.91 Å². The summed E-state index contributed by atoms with van der Waals surface area (Å²) in [6, 6.07) is 14.2. The molecule has 0 radical (unpaired) electrons. The molecule has 23 heavy (non-hydrogen) atoms. The van der Waals surface area contributed by atoms with Crippen molar-refractivity contribution in [1.29, 1.82) is 0 Å². The molecule has 0 aliphatic rings. The Bertz CT molecular complexity index is 648. The molecule has 0 spiro atoms. The molecule has 2 aromatic rings. The molecule has 0 saturated carbocycles. The van der Waals surface area contributed by atoms with Crippen LogP contribution in [0.15, 0.2) is 48.5 Å². The highest BCUT2D eigenvalue weighted by molar-refractivity contribution is 6.30. The van der Waals surface area contributed by atoms with E-state index in [4.69, 9.17) is 11.6 Å². The molecule has 5 heteroatoms. The largest absolute Gasteiger partial charge is 0.352 e. The number of hydrogen-bond donors (Lipinski definition) is 2. The SMILES string of the molecule is O=C(CCNCCc1cccc(Cl)c1)NCc1ccccc1F. The van der Waals surface area contributed by atoms with Crippen molar-refractivity contribution in [2.75, 3.05) is 13.1 Å². The zero-order valence-electron chi connectivity index (χ0n) is 12.8. The van der Waals surface area contributed by atoms with E-state index in [-0.39, 0.29) is 18.3 Å². The van der Waals surface area contributed by atoms with Crippen LogP contribution in [0.3, 0.4) is 0 Å². The molecular formula is C18H20ClFN2O. The minimum Gasteiger partial charge on any atom is -0.352 e. The Labute approximate surface area is 140 Å². The monoisotopic (exact) mass is 334 g/mol. The van der Waals surface area contributed by atoms with Gasteiger partial charge in [-0.2, -0.15) is 0 Å². The highest BCUT2D eigenvalue weighted by Crippen LogP contribution is 2.10. The second-order valence-electron chi connectivity index (χ2n) is 5.25. The van der Waals surface area contributed by atoms with Gasteiger partial charge < -0.3 is 10.6 Å². The van der Waals surface area contributed by atoms with Crippen molar-refractivity contribution >= 4 is 17.5 Å². The fourth-order valence-electron chi connectivity index (χ4n) is 2.18. The molecule has 0 aliphatic carbocycles. The van der Waals surface area contributed by atoms with Crippen LogP contribution >= 0.6 is 11.6 Å². The number of halogens is 2. The average Bonchev–Trinajstić information content (AvgIpc) is 2.54. The summed E-state index contributed by atoms with van der Waals surface area (Å²) in [6.07, 6.45) is 1.22. The molecule has 2 N–H and O–H groups in total. The molecule has 0 fully saturated rings. The predicted molar refractivity (Wildman–Crippen MR) is 90.9 cm³/mol. The summed E-state index contributed by atoms with van der Waals surface area (Å²) in [6.45, 7) is 1.58. The first kappa shape index (κ1) is 17.4. The normalized spacial score (nSPS) is 10.5. The highest BCUT2D eigenvalue weighted by atomic mass is 35.5. The van der Waals surface area contributed by atoms with Crippen molar-refractivity contribution in [3.8, 4) is 0 Å². The highest BCUT2D eigenvalue weighted by Gasteiger charge is 2.04. The third-order valence-electron chi connectivity index (χ3n) is 3.44. The van der Waals surface area contributed by atoms with E-state index in [2.05, 4.69) is 10.6 Å². The van der Waals surface area contributed by atoms with Crippen molar-refractivity contribution in [2.24, 2.45) is 0 Å². The number of hydrogen-bond acceptors (Lipinski definition) is 2. The van der Waals surface area contributed by atoms with Crippen molar-refractivity contribution < 1.29 is 9.18 Å². The first-order valence-electron chi connectivity index (χ1n) is 7.60. The maximum absolute atomic E-state index is 13.4. The minimum atomic E-state index is -0.299. The Morgan fingerprint density at radius 3 is 2.70 bits per heavy atom. The van der Waals surface area contributed by atoms with Gasteiger partial charge >= 0.3 is 0 Å². The van der Waals surface area contributed by atoms with E-state index in [0.29, 0.717) is 18.5 Å². The van der Waals surface area contributed by atoms with Crippen LogP contribution in [0.1, 0.15) is 17.5 Å². The van der Waals surface area contributed by atoms with Crippen LogP contribution in [0.4, 0.5) is 4.39 Å². The van der Waals surface area contributed by atoms with Gasteiger partial charge in [0, 0.05) is 30.1 Å². The number of carbonyl (C=O) groups is 1. The predicted octanol–water partition coefficient (Wildman–Crippen LogP) is 3.32. The van der Waals surface area contributed by atoms with Gasteiger partial charge in [-0.05, 0) is 36.7 Å². The van der Waals surface area contributed by atoms with Gasteiger partial charge in [-0.15, -0.1) is 0 Å². The van der Waals surface area contributed by atoms with Crippen molar-refractivity contribution in [2.45, 2.75) is 19.4 Å². The third-order valence-corrected chi connectivity index (χ3v) is 3.68. The summed E-state index contributed by atoms with van der Waals surface area (Å²) in [5.41, 5.74) is 1.66. The molecule has 0 atom stereocenters. The van der Waals surface area contributed by atoms with E-state index in [1.807, 2.05) is 24.3 Å². The maximum atomic E-state index is 13.4. The van der Waals surface area contributed by atoms with Gasteiger partial charge in [0.15, 0.2) is 0 Å². The second kappa shape index (κ2) is 9.28. The number of benzene rings is 2. The minimum absolute atomic E-state index is 0.0940. The summed E-state index contributed by atoms with van der Waals surface area (Å²) in [5.74, 6) is -0.393. The van der Waals surface area contributed by atoms with Gasteiger partial charge in [-0.3, -0.25) is 4.79 Å². The van der Waals surface area contributed by atoms with Gasteiger partial charge in [-0.25, -0.2) is 4.39 Å². The summed E-state index contributed by atoms with van der Waals surface area (Å²) in [5, 5.41) is 6.67.